The van der Waals surface area contributed by atoms with E-state index in [1.807, 2.05) is 6.92 Å². The molecule has 5 rings (SSSR count). The number of aliphatic hydroxyl groups excluding tert-OH is 1. The highest BCUT2D eigenvalue weighted by Crippen LogP contribution is 2.74. The van der Waals surface area contributed by atoms with Gasteiger partial charge >= 0.3 is 5.97 Å². The molecule has 0 heterocycles. The Labute approximate surface area is 192 Å². The molecular formula is C27H42O5. The van der Waals surface area contributed by atoms with E-state index in [1.165, 1.54) is 13.3 Å². The summed E-state index contributed by atoms with van der Waals surface area (Å²) in [7, 11) is 0. The van der Waals surface area contributed by atoms with Crippen molar-refractivity contribution in [2.45, 2.75) is 116 Å². The largest absolute Gasteiger partial charge is 0.462 e. The fraction of sp³-hybridized carbons (Fsp3) is 0.926. The predicted octanol–water partition coefficient (Wildman–Crippen LogP) is 4.42. The average molecular weight is 447 g/mol. The van der Waals surface area contributed by atoms with E-state index < -0.39 is 11.7 Å². The first-order valence-electron chi connectivity index (χ1n) is 13.1. The number of rotatable bonds is 2. The molecule has 0 unspecified atom stereocenters. The van der Waals surface area contributed by atoms with Gasteiger partial charge in [-0.05, 0) is 87.4 Å². The highest BCUT2D eigenvalue weighted by atomic mass is 16.5. The summed E-state index contributed by atoms with van der Waals surface area (Å²) in [4.78, 5) is 24.8. The Bertz CT molecular complexity index is 810. The molecule has 5 aliphatic carbocycles. The molecule has 5 saturated carbocycles. The number of esters is 1. The number of aliphatic hydroxyl groups is 2. The minimum Gasteiger partial charge on any atom is -0.462 e. The van der Waals surface area contributed by atoms with Gasteiger partial charge in [-0.25, -0.2) is 0 Å². The molecule has 10 atom stereocenters. The minimum atomic E-state index is -1.22. The Morgan fingerprint density at radius 2 is 1.62 bits per heavy atom. The van der Waals surface area contributed by atoms with Crippen molar-refractivity contribution >= 4 is 11.8 Å². The molecule has 0 radical (unpaired) electrons. The van der Waals surface area contributed by atoms with Gasteiger partial charge in [-0.2, -0.15) is 0 Å². The lowest BCUT2D eigenvalue weighted by atomic mass is 9.41. The van der Waals surface area contributed by atoms with Crippen LogP contribution in [0.3, 0.4) is 0 Å². The van der Waals surface area contributed by atoms with Crippen molar-refractivity contribution in [1.29, 1.82) is 0 Å². The van der Waals surface area contributed by atoms with Gasteiger partial charge in [0.25, 0.3) is 0 Å². The van der Waals surface area contributed by atoms with E-state index in [0.29, 0.717) is 42.3 Å². The van der Waals surface area contributed by atoms with Crippen LogP contribution in [-0.4, -0.2) is 39.8 Å². The van der Waals surface area contributed by atoms with Crippen molar-refractivity contribution in [3.05, 3.63) is 0 Å². The molecule has 0 aromatic heterocycles. The Hall–Kier alpha value is -0.940. The maximum absolute atomic E-state index is 13.2. The Morgan fingerprint density at radius 3 is 2.31 bits per heavy atom. The van der Waals surface area contributed by atoms with E-state index in [4.69, 9.17) is 4.74 Å². The summed E-state index contributed by atoms with van der Waals surface area (Å²) >= 11 is 0. The first-order valence-corrected chi connectivity index (χ1v) is 13.1. The van der Waals surface area contributed by atoms with Crippen LogP contribution >= 0.6 is 0 Å². The van der Waals surface area contributed by atoms with E-state index in [1.54, 1.807) is 0 Å². The molecule has 0 aromatic carbocycles. The Morgan fingerprint density at radius 1 is 0.906 bits per heavy atom. The number of carbonyl (C=O) groups excluding carboxylic acids is 2. The van der Waals surface area contributed by atoms with Gasteiger partial charge in [0.15, 0.2) is 0 Å². The Kier molecular flexibility index (Phi) is 5.19. The number of ether oxygens (including phenoxy) is 1. The molecule has 0 amide bonds. The zero-order valence-electron chi connectivity index (χ0n) is 20.4. The van der Waals surface area contributed by atoms with Gasteiger partial charge in [-0.1, -0.05) is 26.7 Å². The molecule has 5 heteroatoms. The molecule has 5 aliphatic rings. The van der Waals surface area contributed by atoms with Crippen LogP contribution in [0.15, 0.2) is 0 Å². The van der Waals surface area contributed by atoms with Gasteiger partial charge in [0.05, 0.1) is 11.7 Å². The van der Waals surface area contributed by atoms with E-state index in [0.717, 1.165) is 51.4 Å². The zero-order valence-corrected chi connectivity index (χ0v) is 20.4. The molecule has 5 fully saturated rings. The highest BCUT2D eigenvalue weighted by Gasteiger charge is 2.72. The maximum Gasteiger partial charge on any atom is 0.302 e. The van der Waals surface area contributed by atoms with Gasteiger partial charge in [-0.3, -0.25) is 9.59 Å². The van der Waals surface area contributed by atoms with Crippen LogP contribution in [0.1, 0.15) is 98.3 Å². The van der Waals surface area contributed by atoms with Crippen LogP contribution in [0, 0.1) is 39.9 Å². The summed E-state index contributed by atoms with van der Waals surface area (Å²) in [6.45, 7) is 7.83. The van der Waals surface area contributed by atoms with Crippen LogP contribution < -0.4 is 0 Å². The number of ketones is 1. The lowest BCUT2D eigenvalue weighted by molar-refractivity contribution is -0.267. The second-order valence-corrected chi connectivity index (χ2v) is 12.6. The first-order chi connectivity index (χ1) is 15.0. The standard InChI is InChI=1S/C27H42O5/c1-16(28)26-10-6-5-7-18(26)13-22-20-14-23(30)27(31)15-19(32-17(2)29)8-11-25(27,4)21(20)9-12-24(22,26)3/h18-23,30-31H,5-15H2,1-4H3/t18-,19+,20+,21+,22+,23-,24+,25+,26+,27-/m0/s1. The van der Waals surface area contributed by atoms with Crippen molar-refractivity contribution in [3.8, 4) is 0 Å². The van der Waals surface area contributed by atoms with Gasteiger partial charge < -0.3 is 14.9 Å². The Balaban J connectivity index is 1.49. The fourth-order valence-corrected chi connectivity index (χ4v) is 10.4. The molecule has 180 valence electrons. The molecule has 0 aromatic rings. The quantitative estimate of drug-likeness (QED) is 0.614. The third kappa shape index (κ3) is 2.70. The number of fused-ring (bicyclic) bond motifs is 7. The third-order valence-corrected chi connectivity index (χ3v) is 11.8. The monoisotopic (exact) mass is 446 g/mol. The number of hydrogen-bond acceptors (Lipinski definition) is 5. The van der Waals surface area contributed by atoms with Crippen molar-refractivity contribution in [1.82, 2.24) is 0 Å². The van der Waals surface area contributed by atoms with Gasteiger partial charge in [-0.15, -0.1) is 0 Å². The third-order valence-electron chi connectivity index (χ3n) is 11.8. The first kappa shape index (κ1) is 22.8. The van der Waals surface area contributed by atoms with E-state index in [2.05, 4.69) is 13.8 Å². The van der Waals surface area contributed by atoms with Gasteiger partial charge in [0.1, 0.15) is 11.9 Å². The minimum absolute atomic E-state index is 0.00552. The molecule has 0 spiro atoms. The zero-order chi connectivity index (χ0) is 23.1. The van der Waals surface area contributed by atoms with E-state index >= 15 is 0 Å². The van der Waals surface area contributed by atoms with Gasteiger partial charge in [0.2, 0.25) is 0 Å². The van der Waals surface area contributed by atoms with Crippen molar-refractivity contribution in [2.24, 2.45) is 39.9 Å². The second-order valence-electron chi connectivity index (χ2n) is 12.6. The van der Waals surface area contributed by atoms with Crippen LogP contribution in [0.2, 0.25) is 0 Å². The normalized spacial score (nSPS) is 54.6. The molecular weight excluding hydrogens is 404 g/mol. The lowest BCUT2D eigenvalue weighted by Gasteiger charge is -2.66. The summed E-state index contributed by atoms with van der Waals surface area (Å²) in [6.07, 6.45) is 9.06. The van der Waals surface area contributed by atoms with Crippen LogP contribution in [0.25, 0.3) is 0 Å². The molecule has 2 N–H and O–H groups in total. The van der Waals surface area contributed by atoms with E-state index in [9.17, 15) is 19.8 Å². The van der Waals surface area contributed by atoms with Crippen LogP contribution in [0.5, 0.6) is 0 Å². The smallest absolute Gasteiger partial charge is 0.302 e. The molecule has 0 bridgehead atoms. The lowest BCUT2D eigenvalue weighted by Crippen LogP contribution is -2.69. The maximum atomic E-state index is 13.2. The highest BCUT2D eigenvalue weighted by molar-refractivity contribution is 5.84. The fourth-order valence-electron chi connectivity index (χ4n) is 10.4. The molecule has 0 aliphatic heterocycles. The topological polar surface area (TPSA) is 83.8 Å². The summed E-state index contributed by atoms with van der Waals surface area (Å²) in [6, 6.07) is 0. The number of hydrogen-bond donors (Lipinski definition) is 2. The van der Waals surface area contributed by atoms with E-state index in [-0.39, 0.29) is 28.3 Å². The molecule has 32 heavy (non-hydrogen) atoms. The summed E-state index contributed by atoms with van der Waals surface area (Å²) < 4.78 is 5.48. The van der Waals surface area contributed by atoms with Crippen molar-refractivity contribution in [3.63, 3.8) is 0 Å². The summed E-state index contributed by atoms with van der Waals surface area (Å²) in [5.41, 5.74) is -1.78. The predicted molar refractivity (Wildman–Crippen MR) is 121 cm³/mol. The number of carbonyl (C=O) groups is 2. The second kappa shape index (κ2) is 7.28. The van der Waals surface area contributed by atoms with Gasteiger partial charge in [0, 0.05) is 24.2 Å². The summed E-state index contributed by atoms with van der Waals surface area (Å²) in [5, 5.41) is 23.3. The van der Waals surface area contributed by atoms with Crippen LogP contribution in [-0.2, 0) is 14.3 Å². The summed E-state index contributed by atoms with van der Waals surface area (Å²) in [5.74, 6) is 1.69. The average Bonchev–Trinajstić information content (AvgIpc) is 3.00. The SMILES string of the molecule is CC(=O)O[C@@H]1CC[C@]2(C)[C@@H]3CC[C@]4(C)[C@H](C[C@@H]5CCCC[C@@]54C(C)=O)[C@@H]3C[C@H](O)[C@@]2(O)C1. The van der Waals surface area contributed by atoms with Crippen molar-refractivity contribution in [2.75, 3.05) is 0 Å². The number of Topliss-reactive ketones (excluding diaryl/α,β-unsaturated/α-hetero) is 1. The van der Waals surface area contributed by atoms with Crippen molar-refractivity contribution < 1.29 is 24.5 Å². The molecule has 0 saturated heterocycles. The molecule has 5 nitrogen and oxygen atoms in total. The van der Waals surface area contributed by atoms with Crippen LogP contribution in [0.4, 0.5) is 0 Å².